The average molecular weight is 683 g/mol. The van der Waals surface area contributed by atoms with Crippen molar-refractivity contribution in [2.24, 2.45) is 5.92 Å². The summed E-state index contributed by atoms with van der Waals surface area (Å²) in [7, 11) is 0. The van der Waals surface area contributed by atoms with Gasteiger partial charge in [-0.3, -0.25) is 23.7 Å². The van der Waals surface area contributed by atoms with Crippen molar-refractivity contribution in [2.75, 3.05) is 10.2 Å². The quantitative estimate of drug-likeness (QED) is 0.185. The molecule has 3 aromatic carbocycles. The number of amides is 3. The molecule has 44 heavy (non-hydrogen) atoms. The predicted molar refractivity (Wildman–Crippen MR) is 159 cm³/mol. The third-order valence-electron chi connectivity index (χ3n) is 7.23. The van der Waals surface area contributed by atoms with Crippen LogP contribution in [0.25, 0.3) is 0 Å². The van der Waals surface area contributed by atoms with Gasteiger partial charge < -0.3 is 5.32 Å². The van der Waals surface area contributed by atoms with E-state index in [2.05, 4.69) is 5.32 Å². The van der Waals surface area contributed by atoms with E-state index >= 15 is 0 Å². The number of nitrogens with one attached hydrogen (secondary N) is 1. The lowest BCUT2D eigenvalue weighted by atomic mass is 9.83. The van der Waals surface area contributed by atoms with Crippen LogP contribution in [-0.4, -0.2) is 27.5 Å². The van der Waals surface area contributed by atoms with Crippen LogP contribution in [0.5, 0.6) is 0 Å². The number of nitrogens with zero attached hydrogens (tertiary/aromatic N) is 2. The molecular formula is C29H17Cl2F4N3O4S2. The van der Waals surface area contributed by atoms with Crippen molar-refractivity contribution in [2.45, 2.75) is 28.9 Å². The van der Waals surface area contributed by atoms with Gasteiger partial charge in [-0.25, -0.2) is 9.29 Å². The Morgan fingerprint density at radius 2 is 1.64 bits per heavy atom. The number of thioether (sulfide) groups is 1. The van der Waals surface area contributed by atoms with E-state index in [1.165, 1.54) is 36.4 Å². The van der Waals surface area contributed by atoms with Gasteiger partial charge in [0, 0.05) is 16.5 Å². The minimum Gasteiger partial charge on any atom is -0.324 e. The SMILES string of the molecule is O=C(Cn1c2c(sc1=O)[C@@H](c1ccc(F)cc1)[C@@H]1C(=O)N(c3ccccc3C(F)(F)F)C(=O)[C@@H]1S2)Nc1ccc(Cl)c(Cl)c1. The smallest absolute Gasteiger partial charge is 0.324 e. The van der Waals surface area contributed by atoms with Crippen molar-refractivity contribution in [3.05, 3.63) is 108 Å². The molecule has 4 aromatic rings. The van der Waals surface area contributed by atoms with E-state index in [1.54, 1.807) is 0 Å². The first kappa shape index (κ1) is 30.4. The molecule has 1 saturated heterocycles. The van der Waals surface area contributed by atoms with Crippen molar-refractivity contribution < 1.29 is 31.9 Å². The first-order chi connectivity index (χ1) is 20.8. The van der Waals surface area contributed by atoms with Crippen LogP contribution in [0.1, 0.15) is 21.9 Å². The molecular weight excluding hydrogens is 665 g/mol. The van der Waals surface area contributed by atoms with Crippen molar-refractivity contribution in [3.8, 4) is 0 Å². The number of anilines is 2. The van der Waals surface area contributed by atoms with Gasteiger partial charge in [0.05, 0.1) is 32.2 Å². The number of benzene rings is 3. The number of aromatic nitrogens is 1. The molecule has 226 valence electrons. The number of para-hydroxylation sites is 1. The molecule has 0 saturated carbocycles. The number of rotatable bonds is 5. The van der Waals surface area contributed by atoms with Crippen LogP contribution in [0.2, 0.25) is 10.0 Å². The molecule has 2 aliphatic rings. The van der Waals surface area contributed by atoms with Gasteiger partial charge in [0.15, 0.2) is 0 Å². The summed E-state index contributed by atoms with van der Waals surface area (Å²) in [5.74, 6) is -5.15. The lowest BCUT2D eigenvalue weighted by Gasteiger charge is -2.30. The molecule has 3 atom stereocenters. The van der Waals surface area contributed by atoms with Crippen molar-refractivity contribution in [1.29, 1.82) is 0 Å². The van der Waals surface area contributed by atoms with Crippen molar-refractivity contribution in [3.63, 3.8) is 0 Å². The summed E-state index contributed by atoms with van der Waals surface area (Å²) in [6, 6.07) is 13.8. The molecule has 6 rings (SSSR count). The van der Waals surface area contributed by atoms with Gasteiger partial charge in [-0.05, 0) is 48.0 Å². The molecule has 1 fully saturated rings. The summed E-state index contributed by atoms with van der Waals surface area (Å²) >= 11 is 13.5. The summed E-state index contributed by atoms with van der Waals surface area (Å²) < 4.78 is 56.8. The number of halogens is 6. The largest absolute Gasteiger partial charge is 0.418 e. The fourth-order valence-corrected chi connectivity index (χ4v) is 8.42. The Bertz CT molecular complexity index is 1890. The number of imide groups is 1. The van der Waals surface area contributed by atoms with Crippen molar-refractivity contribution in [1.82, 2.24) is 4.57 Å². The highest BCUT2D eigenvalue weighted by molar-refractivity contribution is 8.00. The third kappa shape index (κ3) is 5.31. The number of carbonyl (C=O) groups excluding carboxylic acids is 3. The second-order valence-corrected chi connectivity index (χ2v) is 12.9. The van der Waals surface area contributed by atoms with E-state index in [9.17, 15) is 36.7 Å². The van der Waals surface area contributed by atoms with Crippen LogP contribution in [0.4, 0.5) is 28.9 Å². The zero-order valence-electron chi connectivity index (χ0n) is 21.9. The first-order valence-corrected chi connectivity index (χ1v) is 15.2. The number of hydrogen-bond acceptors (Lipinski definition) is 6. The number of fused-ring (bicyclic) bond motifs is 2. The Balaban J connectivity index is 1.42. The van der Waals surface area contributed by atoms with Gasteiger partial charge in [0.1, 0.15) is 17.6 Å². The Morgan fingerprint density at radius 3 is 2.32 bits per heavy atom. The van der Waals surface area contributed by atoms with Gasteiger partial charge in [-0.15, -0.1) is 0 Å². The summed E-state index contributed by atoms with van der Waals surface area (Å²) in [6.45, 7) is -0.478. The highest BCUT2D eigenvalue weighted by Crippen LogP contribution is 2.54. The van der Waals surface area contributed by atoms with Crippen LogP contribution in [-0.2, 0) is 27.1 Å². The third-order valence-corrected chi connectivity index (χ3v) is 10.6. The van der Waals surface area contributed by atoms with Crippen LogP contribution < -0.4 is 15.1 Å². The van der Waals surface area contributed by atoms with E-state index in [0.717, 1.165) is 58.0 Å². The summed E-state index contributed by atoms with van der Waals surface area (Å²) in [5.41, 5.74) is -1.07. The highest BCUT2D eigenvalue weighted by Gasteiger charge is 2.57. The minimum absolute atomic E-state index is 0.194. The molecule has 15 heteroatoms. The van der Waals surface area contributed by atoms with Gasteiger partial charge in [0.2, 0.25) is 17.7 Å². The van der Waals surface area contributed by atoms with E-state index in [0.29, 0.717) is 21.0 Å². The van der Waals surface area contributed by atoms with Gasteiger partial charge in [-0.2, -0.15) is 13.2 Å². The van der Waals surface area contributed by atoms with Crippen molar-refractivity contribution >= 4 is 75.4 Å². The maximum absolute atomic E-state index is 13.9. The zero-order chi connectivity index (χ0) is 31.5. The van der Waals surface area contributed by atoms with Crippen LogP contribution in [0.3, 0.4) is 0 Å². The fraction of sp³-hybridized carbons (Fsp3) is 0.172. The fourth-order valence-electron chi connectivity index (χ4n) is 5.35. The molecule has 0 spiro atoms. The molecule has 0 radical (unpaired) electrons. The topological polar surface area (TPSA) is 88.5 Å². The Hall–Kier alpha value is -3.65. The van der Waals surface area contributed by atoms with Crippen LogP contribution >= 0.6 is 46.3 Å². The molecule has 1 N–H and O–H groups in total. The second-order valence-electron chi connectivity index (χ2n) is 9.92. The van der Waals surface area contributed by atoms with E-state index in [4.69, 9.17) is 23.2 Å². The maximum atomic E-state index is 13.9. The minimum atomic E-state index is -4.85. The van der Waals surface area contributed by atoms with Crippen LogP contribution in [0.15, 0.2) is 76.6 Å². The normalized spacial score (nSPS) is 19.6. The Kier molecular flexibility index (Phi) is 7.85. The zero-order valence-corrected chi connectivity index (χ0v) is 25.0. The lowest BCUT2D eigenvalue weighted by Crippen LogP contribution is -2.33. The molecule has 3 heterocycles. The molecule has 0 bridgehead atoms. The first-order valence-electron chi connectivity index (χ1n) is 12.8. The molecule has 0 aliphatic carbocycles. The summed E-state index contributed by atoms with van der Waals surface area (Å²) in [6.07, 6.45) is -4.85. The molecule has 3 amide bonds. The molecule has 2 aliphatic heterocycles. The van der Waals surface area contributed by atoms with Gasteiger partial charge in [0.25, 0.3) is 0 Å². The summed E-state index contributed by atoms with van der Waals surface area (Å²) in [5, 5.41) is 2.07. The van der Waals surface area contributed by atoms with E-state index in [1.807, 2.05) is 0 Å². The van der Waals surface area contributed by atoms with Gasteiger partial charge in [-0.1, -0.05) is 70.6 Å². The molecule has 0 unspecified atom stereocenters. The monoisotopic (exact) mass is 681 g/mol. The Labute approximate surface area is 264 Å². The predicted octanol–water partition coefficient (Wildman–Crippen LogP) is 6.81. The summed E-state index contributed by atoms with van der Waals surface area (Å²) in [4.78, 5) is 54.2. The molecule has 1 aromatic heterocycles. The van der Waals surface area contributed by atoms with Crippen LogP contribution in [0, 0.1) is 11.7 Å². The maximum Gasteiger partial charge on any atom is 0.418 e. The highest BCUT2D eigenvalue weighted by atomic mass is 35.5. The number of thiazole rings is 1. The van der Waals surface area contributed by atoms with Gasteiger partial charge >= 0.3 is 11.0 Å². The number of carbonyl (C=O) groups is 3. The number of alkyl halides is 3. The van der Waals surface area contributed by atoms with E-state index in [-0.39, 0.29) is 15.1 Å². The standard InChI is InChI=1S/C29H17Cl2F4N3O4S2/c30-17-10-9-15(11-18(17)31)36-20(39)12-37-27-24(44-28(37)42)21(13-5-7-14(32)8-6-13)22-23(43-27)26(41)38(25(22)40)19-4-2-1-3-16(19)29(33,34)35/h1-11,21-23H,12H2,(H,36,39)/t21-,22-,23+/m0/s1. The number of hydrogen-bond donors (Lipinski definition) is 1. The van der Waals surface area contributed by atoms with E-state index < -0.39 is 69.5 Å². The lowest BCUT2D eigenvalue weighted by molar-refractivity contribution is -0.137. The second kappa shape index (κ2) is 11.4. The Morgan fingerprint density at radius 1 is 0.932 bits per heavy atom. The molecule has 7 nitrogen and oxygen atoms in total. The average Bonchev–Trinajstić information content (AvgIpc) is 3.41.